The third-order valence-corrected chi connectivity index (χ3v) is 7.76. The summed E-state index contributed by atoms with van der Waals surface area (Å²) in [6, 6.07) is 6.75. The molecule has 0 unspecified atom stereocenters. The van der Waals surface area contributed by atoms with Crippen molar-refractivity contribution in [3.63, 3.8) is 0 Å². The molecule has 2 bridgehead atoms. The van der Waals surface area contributed by atoms with E-state index in [9.17, 15) is 19.6 Å². The molecule has 0 saturated carbocycles. The number of likely N-dealkylation sites (tertiary alicyclic amines) is 3. The van der Waals surface area contributed by atoms with Crippen molar-refractivity contribution in [3.8, 4) is 6.07 Å². The number of nitrogens with zero attached hydrogens (tertiary/aromatic N) is 4. The summed E-state index contributed by atoms with van der Waals surface area (Å²) in [6.07, 6.45) is 4.00. The summed E-state index contributed by atoms with van der Waals surface area (Å²) in [5, 5.41) is 11.9. The first kappa shape index (κ1) is 21.9. The lowest BCUT2D eigenvalue weighted by Gasteiger charge is -2.38. The second kappa shape index (κ2) is 8.43. The maximum atomic E-state index is 13.3. The van der Waals surface area contributed by atoms with Gasteiger partial charge in [-0.2, -0.15) is 5.26 Å². The van der Waals surface area contributed by atoms with E-state index in [4.69, 9.17) is 5.73 Å². The van der Waals surface area contributed by atoms with Gasteiger partial charge in [-0.25, -0.2) is 0 Å². The number of hydrogen-bond donors (Lipinski definition) is 2. The zero-order valence-corrected chi connectivity index (χ0v) is 18.9. The Morgan fingerprint density at radius 2 is 2.12 bits per heavy atom. The molecule has 174 valence electrons. The molecule has 33 heavy (non-hydrogen) atoms. The third-order valence-electron chi connectivity index (χ3n) is 7.76. The summed E-state index contributed by atoms with van der Waals surface area (Å²) >= 11 is 0. The second-order valence-corrected chi connectivity index (χ2v) is 9.58. The largest absolute Gasteiger partial charge is 0.355 e. The Bertz CT molecular complexity index is 1040. The van der Waals surface area contributed by atoms with Gasteiger partial charge in [0.05, 0.1) is 24.2 Å². The van der Waals surface area contributed by atoms with Crippen LogP contribution in [0.4, 0.5) is 0 Å². The zero-order chi connectivity index (χ0) is 23.3. The van der Waals surface area contributed by atoms with E-state index in [2.05, 4.69) is 11.4 Å². The first-order valence-corrected chi connectivity index (χ1v) is 11.8. The van der Waals surface area contributed by atoms with Gasteiger partial charge in [0.25, 0.3) is 5.91 Å². The number of piperazine rings is 1. The molecule has 0 spiro atoms. The highest BCUT2D eigenvalue weighted by atomic mass is 16.2. The molecule has 3 heterocycles. The number of aryl methyl sites for hydroxylation is 1. The lowest BCUT2D eigenvalue weighted by Crippen LogP contribution is -2.56. The van der Waals surface area contributed by atoms with Gasteiger partial charge in [-0.1, -0.05) is 6.07 Å². The van der Waals surface area contributed by atoms with Crippen LogP contribution in [0.1, 0.15) is 53.2 Å². The van der Waals surface area contributed by atoms with Crippen LogP contribution in [0.3, 0.4) is 0 Å². The van der Waals surface area contributed by atoms with Gasteiger partial charge in [0.2, 0.25) is 11.8 Å². The Morgan fingerprint density at radius 1 is 1.30 bits per heavy atom. The Hall–Kier alpha value is -2.96. The van der Waals surface area contributed by atoms with E-state index in [0.717, 1.165) is 36.8 Å². The van der Waals surface area contributed by atoms with E-state index in [1.165, 1.54) is 0 Å². The van der Waals surface area contributed by atoms with Gasteiger partial charge >= 0.3 is 0 Å². The monoisotopic (exact) mass is 450 g/mol. The standard InChI is InChI=1S/C24H30N6O3/c1-27-22(31)15-4-6-18-14(9-15)5-7-20(18)30-17-10-21(24(30)33)28(12-17)13-19(26)23(32)29-8-2-3-16(29)11-25/h4,6,9,16-17,19-21H,2-3,5,7-8,10,12-13,26H2,1H3,(H,27,31)/t16-,17+,19-,20-,21+/m0/s1. The molecular formula is C24H30N6O3. The molecule has 3 fully saturated rings. The number of carbonyl (C=O) groups excluding carboxylic acids is 3. The van der Waals surface area contributed by atoms with E-state index in [-0.39, 0.29) is 41.9 Å². The van der Waals surface area contributed by atoms with Crippen LogP contribution in [0.25, 0.3) is 0 Å². The second-order valence-electron chi connectivity index (χ2n) is 9.58. The smallest absolute Gasteiger partial charge is 0.251 e. The van der Waals surface area contributed by atoms with Crippen LogP contribution in [0, 0.1) is 11.3 Å². The minimum atomic E-state index is -0.727. The lowest BCUT2D eigenvalue weighted by molar-refractivity contribution is -0.141. The molecule has 0 radical (unpaired) electrons. The highest BCUT2D eigenvalue weighted by Crippen LogP contribution is 2.44. The van der Waals surface area contributed by atoms with E-state index in [1.54, 1.807) is 11.9 Å². The fraction of sp³-hybridized carbons (Fsp3) is 0.583. The van der Waals surface area contributed by atoms with Crippen molar-refractivity contribution in [1.29, 1.82) is 5.26 Å². The summed E-state index contributed by atoms with van der Waals surface area (Å²) in [5.41, 5.74) is 9.16. The Morgan fingerprint density at radius 3 is 2.85 bits per heavy atom. The van der Waals surface area contributed by atoms with Crippen LogP contribution in [0.15, 0.2) is 18.2 Å². The van der Waals surface area contributed by atoms with Gasteiger partial charge in [-0.15, -0.1) is 0 Å². The summed E-state index contributed by atoms with van der Waals surface area (Å²) in [6.45, 7) is 1.62. The fourth-order valence-corrected chi connectivity index (χ4v) is 6.18. The van der Waals surface area contributed by atoms with Gasteiger partial charge in [0, 0.05) is 38.3 Å². The van der Waals surface area contributed by atoms with Crippen LogP contribution in [0.2, 0.25) is 0 Å². The van der Waals surface area contributed by atoms with Crippen LogP contribution in [0.5, 0.6) is 0 Å². The van der Waals surface area contributed by atoms with Crippen molar-refractivity contribution < 1.29 is 14.4 Å². The molecular weight excluding hydrogens is 420 g/mol. The first-order valence-electron chi connectivity index (χ1n) is 11.8. The number of hydrogen-bond acceptors (Lipinski definition) is 6. The quantitative estimate of drug-likeness (QED) is 0.659. The molecule has 1 aromatic carbocycles. The molecule has 1 aromatic rings. The maximum Gasteiger partial charge on any atom is 0.251 e. The predicted octanol–water partition coefficient (Wildman–Crippen LogP) is 0.160. The van der Waals surface area contributed by atoms with E-state index >= 15 is 0 Å². The minimum Gasteiger partial charge on any atom is -0.355 e. The molecule has 9 nitrogen and oxygen atoms in total. The molecule has 3 aliphatic heterocycles. The zero-order valence-electron chi connectivity index (χ0n) is 18.9. The van der Waals surface area contributed by atoms with Crippen molar-refractivity contribution in [2.24, 2.45) is 5.73 Å². The minimum absolute atomic E-state index is 0.0414. The van der Waals surface area contributed by atoms with Crippen LogP contribution in [-0.4, -0.2) is 83.3 Å². The Labute approximate surface area is 193 Å². The molecule has 3 saturated heterocycles. The number of nitrogens with one attached hydrogen (secondary N) is 1. The summed E-state index contributed by atoms with van der Waals surface area (Å²) < 4.78 is 0. The Balaban J connectivity index is 1.25. The van der Waals surface area contributed by atoms with Crippen molar-refractivity contribution in [2.75, 3.05) is 26.7 Å². The summed E-state index contributed by atoms with van der Waals surface area (Å²) in [7, 11) is 1.62. The van der Waals surface area contributed by atoms with E-state index in [1.807, 2.05) is 28.0 Å². The summed E-state index contributed by atoms with van der Waals surface area (Å²) in [4.78, 5) is 43.8. The van der Waals surface area contributed by atoms with Gasteiger partial charge in [0.15, 0.2) is 0 Å². The topological polar surface area (TPSA) is 123 Å². The van der Waals surface area contributed by atoms with Gasteiger partial charge < -0.3 is 20.9 Å². The molecule has 4 aliphatic rings. The average Bonchev–Trinajstić information content (AvgIpc) is 3.60. The molecule has 5 rings (SSSR count). The molecule has 5 atom stereocenters. The SMILES string of the molecule is CNC(=O)c1ccc2c(c1)CC[C@@H]2N1C(=O)[C@H]2C[C@@H]1CN2C[C@H](N)C(=O)N1CCC[C@H]1C#N. The van der Waals surface area contributed by atoms with Crippen molar-refractivity contribution in [1.82, 2.24) is 20.0 Å². The van der Waals surface area contributed by atoms with E-state index in [0.29, 0.717) is 31.6 Å². The number of rotatable bonds is 5. The number of amides is 3. The van der Waals surface area contributed by atoms with Gasteiger partial charge in [-0.05, 0) is 55.4 Å². The first-order chi connectivity index (χ1) is 15.9. The highest BCUT2D eigenvalue weighted by molar-refractivity contribution is 5.94. The maximum absolute atomic E-state index is 13.3. The van der Waals surface area contributed by atoms with Gasteiger partial charge in [0.1, 0.15) is 6.04 Å². The number of fused-ring (bicyclic) bond motifs is 3. The predicted molar refractivity (Wildman–Crippen MR) is 120 cm³/mol. The van der Waals surface area contributed by atoms with Crippen LogP contribution < -0.4 is 11.1 Å². The molecule has 0 aromatic heterocycles. The molecule has 3 amide bonds. The number of benzene rings is 1. The van der Waals surface area contributed by atoms with E-state index < -0.39 is 6.04 Å². The molecule has 9 heteroatoms. The van der Waals surface area contributed by atoms with Gasteiger partial charge in [-0.3, -0.25) is 19.3 Å². The number of nitrogens with two attached hydrogens (primary N) is 1. The lowest BCUT2D eigenvalue weighted by atomic mass is 10.0. The van der Waals surface area contributed by atoms with Crippen LogP contribution in [-0.2, 0) is 16.0 Å². The van der Waals surface area contributed by atoms with Crippen molar-refractivity contribution >= 4 is 17.7 Å². The molecule has 3 N–H and O–H groups in total. The summed E-state index contributed by atoms with van der Waals surface area (Å²) in [5.74, 6) is -0.188. The molecule has 1 aliphatic carbocycles. The number of carbonyl (C=O) groups is 3. The normalized spacial score (nSPS) is 29.3. The van der Waals surface area contributed by atoms with Crippen LogP contribution >= 0.6 is 0 Å². The Kier molecular flexibility index (Phi) is 5.59. The van der Waals surface area contributed by atoms with Crippen molar-refractivity contribution in [3.05, 3.63) is 34.9 Å². The average molecular weight is 451 g/mol. The van der Waals surface area contributed by atoms with Crippen molar-refractivity contribution in [2.45, 2.75) is 62.3 Å². The fourth-order valence-electron chi connectivity index (χ4n) is 6.18. The third kappa shape index (κ3) is 3.58. The highest BCUT2D eigenvalue weighted by Gasteiger charge is 2.53. The number of nitriles is 1.